The number of furan rings is 1. The van der Waals surface area contributed by atoms with Gasteiger partial charge in [-0.25, -0.2) is 15.0 Å². The molecule has 0 unspecified atom stereocenters. The first-order valence-corrected chi connectivity index (χ1v) is 15.8. The molecule has 0 N–H and O–H groups in total. The third-order valence-corrected chi connectivity index (χ3v) is 9.28. The molecule has 7 aromatic carbocycles. The Morgan fingerprint density at radius 2 is 0.957 bits per heavy atom. The maximum absolute atomic E-state index is 6.70. The summed E-state index contributed by atoms with van der Waals surface area (Å²) in [6, 6.07) is 52.6. The molecule has 0 radical (unpaired) electrons. The second-order valence-electron chi connectivity index (χ2n) is 12.0. The van der Waals surface area contributed by atoms with Crippen LogP contribution in [0.4, 0.5) is 0 Å². The van der Waals surface area contributed by atoms with E-state index in [0.717, 1.165) is 49.8 Å². The van der Waals surface area contributed by atoms with Crippen molar-refractivity contribution in [3.8, 4) is 67.5 Å². The first kappa shape index (κ1) is 25.9. The van der Waals surface area contributed by atoms with Crippen LogP contribution in [0.15, 0.2) is 156 Å². The highest BCUT2D eigenvalue weighted by Crippen LogP contribution is 2.49. The van der Waals surface area contributed by atoms with E-state index in [1.807, 2.05) is 72.8 Å². The summed E-state index contributed by atoms with van der Waals surface area (Å²) >= 11 is 0. The van der Waals surface area contributed by atoms with Crippen LogP contribution in [0.5, 0.6) is 0 Å². The molecule has 4 nitrogen and oxygen atoms in total. The maximum Gasteiger partial charge on any atom is 0.164 e. The van der Waals surface area contributed by atoms with Gasteiger partial charge in [0.1, 0.15) is 11.2 Å². The SMILES string of the molecule is c1ccc(-c2nc(-c3ccccc3)nc(-c3cccc4oc5c(-c6ccc7c(c6)-c6cccc8cccc-7c68)cccc5c34)n2)cc1. The standard InChI is InChI=1S/C43H25N3O/c1-3-11-27(12-4-1)41-44-42(28-13-5-2-6-14-28)46-43(45-41)35-21-10-22-37-39(35)34-20-9-17-30(40(34)47-37)29-23-24-31-32-18-7-15-26-16-8-19-33(38(26)32)36(31)25-29/h1-25H. The number of nitrogens with zero attached hydrogens (tertiary/aromatic N) is 3. The van der Waals surface area contributed by atoms with Gasteiger partial charge in [0.2, 0.25) is 0 Å². The first-order valence-electron chi connectivity index (χ1n) is 15.8. The summed E-state index contributed by atoms with van der Waals surface area (Å²) in [7, 11) is 0. The fraction of sp³-hybridized carbons (Fsp3) is 0. The highest BCUT2D eigenvalue weighted by atomic mass is 16.3. The predicted octanol–water partition coefficient (Wildman–Crippen LogP) is 11.2. The molecule has 0 atom stereocenters. The highest BCUT2D eigenvalue weighted by Gasteiger charge is 2.23. The van der Waals surface area contributed by atoms with Crippen molar-refractivity contribution in [1.82, 2.24) is 15.0 Å². The fourth-order valence-electron chi connectivity index (χ4n) is 7.15. The summed E-state index contributed by atoms with van der Waals surface area (Å²) < 4.78 is 6.70. The van der Waals surface area contributed by atoms with Crippen molar-refractivity contribution in [2.45, 2.75) is 0 Å². The van der Waals surface area contributed by atoms with Crippen molar-refractivity contribution in [1.29, 1.82) is 0 Å². The van der Waals surface area contributed by atoms with E-state index in [4.69, 9.17) is 19.4 Å². The van der Waals surface area contributed by atoms with Crippen LogP contribution in [0.3, 0.4) is 0 Å². The van der Waals surface area contributed by atoms with Gasteiger partial charge in [0, 0.05) is 33.0 Å². The second-order valence-corrected chi connectivity index (χ2v) is 12.0. The Morgan fingerprint density at radius 3 is 1.68 bits per heavy atom. The van der Waals surface area contributed by atoms with E-state index < -0.39 is 0 Å². The highest BCUT2D eigenvalue weighted by molar-refractivity contribution is 6.17. The first-order chi connectivity index (χ1) is 23.3. The summed E-state index contributed by atoms with van der Waals surface area (Å²) in [6.07, 6.45) is 0. The van der Waals surface area contributed by atoms with Gasteiger partial charge in [-0.3, -0.25) is 0 Å². The van der Waals surface area contributed by atoms with Crippen molar-refractivity contribution in [3.05, 3.63) is 152 Å². The van der Waals surface area contributed by atoms with Gasteiger partial charge in [-0.1, -0.05) is 140 Å². The zero-order valence-corrected chi connectivity index (χ0v) is 25.2. The van der Waals surface area contributed by atoms with Crippen LogP contribution in [-0.2, 0) is 0 Å². The molecule has 1 aliphatic rings. The van der Waals surface area contributed by atoms with Crippen LogP contribution in [0.25, 0.3) is 100 Å². The number of fused-ring (bicyclic) bond motifs is 6. The lowest BCUT2D eigenvalue weighted by Gasteiger charge is -2.09. The van der Waals surface area contributed by atoms with Crippen molar-refractivity contribution in [2.24, 2.45) is 0 Å². The number of rotatable bonds is 4. The van der Waals surface area contributed by atoms with E-state index in [0.29, 0.717) is 17.5 Å². The topological polar surface area (TPSA) is 51.8 Å². The van der Waals surface area contributed by atoms with Gasteiger partial charge >= 0.3 is 0 Å². The monoisotopic (exact) mass is 599 g/mol. The van der Waals surface area contributed by atoms with Crippen LogP contribution in [0.1, 0.15) is 0 Å². The molecule has 0 saturated heterocycles. The Labute approximate surface area is 270 Å². The molecule has 4 heteroatoms. The van der Waals surface area contributed by atoms with E-state index in [2.05, 4.69) is 78.9 Å². The van der Waals surface area contributed by atoms with Crippen LogP contribution >= 0.6 is 0 Å². The molecule has 0 saturated carbocycles. The van der Waals surface area contributed by atoms with Gasteiger partial charge in [0.25, 0.3) is 0 Å². The lowest BCUT2D eigenvalue weighted by molar-refractivity contribution is 0.670. The van der Waals surface area contributed by atoms with Gasteiger partial charge in [-0.15, -0.1) is 0 Å². The van der Waals surface area contributed by atoms with Gasteiger partial charge in [-0.2, -0.15) is 0 Å². The average molecular weight is 600 g/mol. The third-order valence-electron chi connectivity index (χ3n) is 9.28. The number of aromatic nitrogens is 3. The van der Waals surface area contributed by atoms with Gasteiger partial charge in [0.15, 0.2) is 17.5 Å². The molecule has 218 valence electrons. The lowest BCUT2D eigenvalue weighted by Crippen LogP contribution is -2.00. The minimum absolute atomic E-state index is 0.611. The minimum Gasteiger partial charge on any atom is -0.455 e. The molecule has 2 heterocycles. The molecule has 0 amide bonds. The fourth-order valence-corrected chi connectivity index (χ4v) is 7.15. The summed E-state index contributed by atoms with van der Waals surface area (Å²) in [4.78, 5) is 15.0. The van der Waals surface area contributed by atoms with Crippen molar-refractivity contribution < 1.29 is 4.42 Å². The third kappa shape index (κ3) is 3.98. The zero-order chi connectivity index (χ0) is 30.9. The minimum atomic E-state index is 0.611. The molecule has 47 heavy (non-hydrogen) atoms. The molecule has 0 spiro atoms. The molecule has 10 rings (SSSR count). The van der Waals surface area contributed by atoms with Gasteiger partial charge in [0.05, 0.1) is 0 Å². The van der Waals surface area contributed by atoms with Crippen molar-refractivity contribution in [3.63, 3.8) is 0 Å². The normalized spacial score (nSPS) is 11.8. The summed E-state index contributed by atoms with van der Waals surface area (Å²) in [5.74, 6) is 1.88. The Hall–Kier alpha value is -6.39. The van der Waals surface area contributed by atoms with Gasteiger partial charge < -0.3 is 4.42 Å². The molecular formula is C43H25N3O. The lowest BCUT2D eigenvalue weighted by atomic mass is 9.96. The van der Waals surface area contributed by atoms with Crippen LogP contribution in [-0.4, -0.2) is 15.0 Å². The van der Waals surface area contributed by atoms with Crippen LogP contribution in [0, 0.1) is 0 Å². The Bertz CT molecular complexity index is 2610. The molecular weight excluding hydrogens is 574 g/mol. The molecule has 0 aliphatic heterocycles. The van der Waals surface area contributed by atoms with E-state index in [9.17, 15) is 0 Å². The average Bonchev–Trinajstić information content (AvgIpc) is 3.69. The number of benzene rings is 7. The predicted molar refractivity (Wildman–Crippen MR) is 191 cm³/mol. The number of hydrogen-bond acceptors (Lipinski definition) is 4. The molecule has 0 fully saturated rings. The molecule has 9 aromatic rings. The summed E-state index contributed by atoms with van der Waals surface area (Å²) in [5, 5.41) is 4.62. The molecule has 1 aliphatic carbocycles. The second kappa shape index (κ2) is 10.1. The van der Waals surface area contributed by atoms with Crippen molar-refractivity contribution in [2.75, 3.05) is 0 Å². The summed E-state index contributed by atoms with van der Waals surface area (Å²) in [5.41, 5.74) is 11.7. The largest absolute Gasteiger partial charge is 0.455 e. The van der Waals surface area contributed by atoms with Crippen molar-refractivity contribution >= 4 is 32.7 Å². The summed E-state index contributed by atoms with van der Waals surface area (Å²) in [6.45, 7) is 0. The Kier molecular flexibility index (Phi) is 5.54. The van der Waals surface area contributed by atoms with Crippen LogP contribution in [0.2, 0.25) is 0 Å². The maximum atomic E-state index is 6.70. The van der Waals surface area contributed by atoms with Crippen LogP contribution < -0.4 is 0 Å². The Morgan fingerprint density at radius 1 is 0.362 bits per heavy atom. The quantitative estimate of drug-likeness (QED) is 0.202. The number of hydrogen-bond donors (Lipinski definition) is 0. The van der Waals surface area contributed by atoms with E-state index in [-0.39, 0.29) is 0 Å². The smallest absolute Gasteiger partial charge is 0.164 e. The number of para-hydroxylation sites is 1. The molecule has 0 bridgehead atoms. The Balaban J connectivity index is 1.17. The van der Waals surface area contributed by atoms with E-state index in [1.165, 1.54) is 33.0 Å². The van der Waals surface area contributed by atoms with Gasteiger partial charge in [-0.05, 0) is 50.7 Å². The van der Waals surface area contributed by atoms with E-state index >= 15 is 0 Å². The molecule has 2 aromatic heterocycles. The zero-order valence-electron chi connectivity index (χ0n) is 25.2. The van der Waals surface area contributed by atoms with E-state index in [1.54, 1.807) is 0 Å².